The van der Waals surface area contributed by atoms with E-state index in [1.165, 1.54) is 24.2 Å². The van der Waals surface area contributed by atoms with Gasteiger partial charge in [-0.25, -0.2) is 4.68 Å². The van der Waals surface area contributed by atoms with Gasteiger partial charge in [-0.1, -0.05) is 0 Å². The number of aliphatic carboxylic acids is 1. The molecule has 6 nitrogen and oxygen atoms in total. The molecule has 0 saturated carbocycles. The number of aryl methyl sites for hydroxylation is 1. The van der Waals surface area contributed by atoms with E-state index in [0.717, 1.165) is 4.68 Å². The SMILES string of the molecule is CN(CC(=O)O)c1ccnn(C)c1=O. The molecule has 1 rings (SSSR count). The summed E-state index contributed by atoms with van der Waals surface area (Å²) in [5.74, 6) is -0.980. The second-order valence-corrected chi connectivity index (χ2v) is 2.90. The predicted molar refractivity (Wildman–Crippen MR) is 50.4 cm³/mol. The van der Waals surface area contributed by atoms with Gasteiger partial charge >= 0.3 is 5.97 Å². The molecule has 1 aromatic rings. The Labute approximate surface area is 80.4 Å². The Morgan fingerprint density at radius 3 is 2.93 bits per heavy atom. The fraction of sp³-hybridized carbons (Fsp3) is 0.375. The Bertz CT molecular complexity index is 399. The van der Waals surface area contributed by atoms with Gasteiger partial charge in [-0.05, 0) is 6.07 Å². The Kier molecular flexibility index (Phi) is 2.85. The summed E-state index contributed by atoms with van der Waals surface area (Å²) in [5.41, 5.74) is 0.0150. The highest BCUT2D eigenvalue weighted by atomic mass is 16.4. The quantitative estimate of drug-likeness (QED) is 0.693. The van der Waals surface area contributed by atoms with Crippen LogP contribution in [0, 0.1) is 0 Å². The van der Waals surface area contributed by atoms with E-state index in [0.29, 0.717) is 5.69 Å². The minimum Gasteiger partial charge on any atom is -0.480 e. The third-order valence-corrected chi connectivity index (χ3v) is 1.77. The molecule has 1 aromatic heterocycles. The van der Waals surface area contributed by atoms with Crippen LogP contribution in [0.3, 0.4) is 0 Å². The van der Waals surface area contributed by atoms with Crippen molar-refractivity contribution in [3.05, 3.63) is 22.6 Å². The molecule has 0 bridgehead atoms. The molecule has 0 aromatic carbocycles. The summed E-state index contributed by atoms with van der Waals surface area (Å²) >= 11 is 0. The molecule has 1 N–H and O–H groups in total. The second-order valence-electron chi connectivity index (χ2n) is 2.90. The van der Waals surface area contributed by atoms with Crippen molar-refractivity contribution in [3.63, 3.8) is 0 Å². The van der Waals surface area contributed by atoms with Crippen LogP contribution >= 0.6 is 0 Å². The third kappa shape index (κ3) is 2.09. The first-order valence-corrected chi connectivity index (χ1v) is 3.97. The summed E-state index contributed by atoms with van der Waals surface area (Å²) < 4.78 is 1.16. The summed E-state index contributed by atoms with van der Waals surface area (Å²) in [4.78, 5) is 23.2. The van der Waals surface area contributed by atoms with Crippen LogP contribution in [-0.2, 0) is 11.8 Å². The maximum absolute atomic E-state index is 11.5. The molecule has 0 amide bonds. The van der Waals surface area contributed by atoms with Crippen molar-refractivity contribution < 1.29 is 9.90 Å². The van der Waals surface area contributed by atoms with Gasteiger partial charge in [0.25, 0.3) is 5.56 Å². The lowest BCUT2D eigenvalue weighted by Gasteiger charge is -2.15. The molecule has 0 aliphatic rings. The molecular formula is C8H11N3O3. The van der Waals surface area contributed by atoms with Crippen LogP contribution in [0.4, 0.5) is 5.69 Å². The van der Waals surface area contributed by atoms with E-state index in [2.05, 4.69) is 5.10 Å². The highest BCUT2D eigenvalue weighted by molar-refractivity contribution is 5.73. The first kappa shape index (κ1) is 10.2. The van der Waals surface area contributed by atoms with E-state index < -0.39 is 5.97 Å². The Morgan fingerprint density at radius 2 is 2.36 bits per heavy atom. The van der Waals surface area contributed by atoms with E-state index in [1.54, 1.807) is 7.05 Å². The monoisotopic (exact) mass is 197 g/mol. The Morgan fingerprint density at radius 1 is 1.71 bits per heavy atom. The predicted octanol–water partition coefficient (Wildman–Crippen LogP) is -0.699. The maximum Gasteiger partial charge on any atom is 0.323 e. The zero-order valence-corrected chi connectivity index (χ0v) is 7.97. The number of nitrogens with zero attached hydrogens (tertiary/aromatic N) is 3. The largest absolute Gasteiger partial charge is 0.480 e. The Balaban J connectivity index is 3.01. The maximum atomic E-state index is 11.5. The molecule has 0 unspecified atom stereocenters. The van der Waals surface area contributed by atoms with Crippen LogP contribution in [0.5, 0.6) is 0 Å². The minimum atomic E-state index is -0.980. The van der Waals surface area contributed by atoms with Crippen LogP contribution in [0.25, 0.3) is 0 Å². The van der Waals surface area contributed by atoms with Crippen LogP contribution in [-0.4, -0.2) is 34.4 Å². The average Bonchev–Trinajstić information content (AvgIpc) is 2.08. The van der Waals surface area contributed by atoms with Gasteiger partial charge in [0.2, 0.25) is 0 Å². The number of hydrogen-bond donors (Lipinski definition) is 1. The lowest BCUT2D eigenvalue weighted by Crippen LogP contribution is -2.32. The van der Waals surface area contributed by atoms with Gasteiger partial charge in [-0.3, -0.25) is 9.59 Å². The first-order chi connectivity index (χ1) is 6.52. The number of carboxylic acids is 1. The molecule has 0 atom stereocenters. The van der Waals surface area contributed by atoms with Crippen LogP contribution < -0.4 is 10.5 Å². The smallest absolute Gasteiger partial charge is 0.323 e. The number of carbonyl (C=O) groups is 1. The van der Waals surface area contributed by atoms with Crippen molar-refractivity contribution in [2.75, 3.05) is 18.5 Å². The number of likely N-dealkylation sites (N-methyl/N-ethyl adjacent to an activating group) is 1. The van der Waals surface area contributed by atoms with Crippen molar-refractivity contribution >= 4 is 11.7 Å². The van der Waals surface area contributed by atoms with Gasteiger partial charge in [-0.15, -0.1) is 0 Å². The molecular weight excluding hydrogens is 186 g/mol. The van der Waals surface area contributed by atoms with E-state index in [1.807, 2.05) is 0 Å². The third-order valence-electron chi connectivity index (χ3n) is 1.77. The molecule has 0 radical (unpaired) electrons. The van der Waals surface area contributed by atoms with Crippen molar-refractivity contribution in [2.24, 2.45) is 7.05 Å². The number of aromatic nitrogens is 2. The molecule has 76 valence electrons. The van der Waals surface area contributed by atoms with Crippen LogP contribution in [0.1, 0.15) is 0 Å². The van der Waals surface area contributed by atoms with Gasteiger partial charge in [0.15, 0.2) is 0 Å². The van der Waals surface area contributed by atoms with E-state index in [9.17, 15) is 9.59 Å². The van der Waals surface area contributed by atoms with Crippen molar-refractivity contribution in [1.82, 2.24) is 9.78 Å². The van der Waals surface area contributed by atoms with E-state index in [4.69, 9.17) is 5.11 Å². The molecule has 1 heterocycles. The van der Waals surface area contributed by atoms with E-state index in [-0.39, 0.29) is 12.1 Å². The fourth-order valence-corrected chi connectivity index (χ4v) is 1.07. The van der Waals surface area contributed by atoms with Crippen molar-refractivity contribution in [2.45, 2.75) is 0 Å². The highest BCUT2D eigenvalue weighted by Crippen LogP contribution is 2.02. The zero-order valence-electron chi connectivity index (χ0n) is 7.97. The van der Waals surface area contributed by atoms with Gasteiger partial charge in [0.05, 0.1) is 0 Å². The van der Waals surface area contributed by atoms with Crippen molar-refractivity contribution in [3.8, 4) is 0 Å². The van der Waals surface area contributed by atoms with Gasteiger partial charge in [-0.2, -0.15) is 5.10 Å². The van der Waals surface area contributed by atoms with Gasteiger partial charge in [0, 0.05) is 20.3 Å². The normalized spacial score (nSPS) is 9.86. The molecule has 0 aliphatic heterocycles. The number of hydrogen-bond acceptors (Lipinski definition) is 4. The summed E-state index contributed by atoms with van der Waals surface area (Å²) in [7, 11) is 3.06. The number of carboxylic acid groups (broad SMARTS) is 1. The summed E-state index contributed by atoms with van der Waals surface area (Å²) in [5, 5.41) is 12.3. The standard InChI is InChI=1S/C8H11N3O3/c1-10(5-7(12)13)6-3-4-9-11(2)8(6)14/h3-4H,5H2,1-2H3,(H,12,13). The lowest BCUT2D eigenvalue weighted by atomic mass is 10.4. The molecule has 0 spiro atoms. The summed E-state index contributed by atoms with van der Waals surface area (Å²) in [6.07, 6.45) is 1.45. The zero-order chi connectivity index (χ0) is 10.7. The topological polar surface area (TPSA) is 75.4 Å². The molecule has 0 saturated heterocycles. The summed E-state index contributed by atoms with van der Waals surface area (Å²) in [6.45, 7) is -0.209. The molecule has 14 heavy (non-hydrogen) atoms. The fourth-order valence-electron chi connectivity index (χ4n) is 1.07. The first-order valence-electron chi connectivity index (χ1n) is 3.97. The molecule has 0 aliphatic carbocycles. The second kappa shape index (κ2) is 3.91. The van der Waals surface area contributed by atoms with Crippen LogP contribution in [0.2, 0.25) is 0 Å². The number of rotatable bonds is 3. The lowest BCUT2D eigenvalue weighted by molar-refractivity contribution is -0.135. The highest BCUT2D eigenvalue weighted by Gasteiger charge is 2.09. The van der Waals surface area contributed by atoms with Gasteiger partial charge < -0.3 is 10.0 Å². The minimum absolute atomic E-state index is 0.209. The number of anilines is 1. The molecule has 6 heteroatoms. The van der Waals surface area contributed by atoms with E-state index >= 15 is 0 Å². The Hall–Kier alpha value is -1.85. The van der Waals surface area contributed by atoms with Crippen molar-refractivity contribution in [1.29, 1.82) is 0 Å². The van der Waals surface area contributed by atoms with Gasteiger partial charge in [0.1, 0.15) is 12.2 Å². The summed E-state index contributed by atoms with van der Waals surface area (Å²) in [6, 6.07) is 1.49. The average molecular weight is 197 g/mol. The molecule has 0 fully saturated rings. The van der Waals surface area contributed by atoms with Crippen LogP contribution in [0.15, 0.2) is 17.1 Å².